The van der Waals surface area contributed by atoms with Crippen LogP contribution < -0.4 is 5.32 Å². The Labute approximate surface area is 119 Å². The number of nitrogens with zero attached hydrogens (tertiary/aromatic N) is 3. The van der Waals surface area contributed by atoms with Crippen molar-refractivity contribution in [2.24, 2.45) is 0 Å². The SMILES string of the molecule is COCCNCc1ccc(-n2cc(C(F)(F)F)cn2)nc1. The second-order valence-corrected chi connectivity index (χ2v) is 4.37. The fraction of sp³-hybridized carbons (Fsp3) is 0.385. The largest absolute Gasteiger partial charge is 0.419 e. The van der Waals surface area contributed by atoms with Crippen LogP contribution in [0.3, 0.4) is 0 Å². The molecule has 0 radical (unpaired) electrons. The van der Waals surface area contributed by atoms with Crippen LogP contribution in [0, 0.1) is 0 Å². The zero-order chi connectivity index (χ0) is 15.3. The molecule has 0 saturated heterocycles. The van der Waals surface area contributed by atoms with Crippen LogP contribution in [0.15, 0.2) is 30.7 Å². The average Bonchev–Trinajstić information content (AvgIpc) is 2.94. The van der Waals surface area contributed by atoms with E-state index in [1.54, 1.807) is 25.4 Å². The Morgan fingerprint density at radius 2 is 2.10 bits per heavy atom. The first-order chi connectivity index (χ1) is 10.0. The Bertz CT molecular complexity index is 566. The Balaban J connectivity index is 2.00. The van der Waals surface area contributed by atoms with Crippen LogP contribution in [0.4, 0.5) is 13.2 Å². The summed E-state index contributed by atoms with van der Waals surface area (Å²) >= 11 is 0. The molecule has 0 spiro atoms. The monoisotopic (exact) mass is 300 g/mol. The molecule has 0 fully saturated rings. The van der Waals surface area contributed by atoms with Gasteiger partial charge in [0.1, 0.15) is 0 Å². The minimum atomic E-state index is -4.40. The Morgan fingerprint density at radius 3 is 2.67 bits per heavy atom. The van der Waals surface area contributed by atoms with Crippen LogP contribution in [0.5, 0.6) is 0 Å². The summed E-state index contributed by atoms with van der Waals surface area (Å²) in [6.07, 6.45) is -1.10. The van der Waals surface area contributed by atoms with Gasteiger partial charge in [-0.3, -0.25) is 0 Å². The van der Waals surface area contributed by atoms with E-state index >= 15 is 0 Å². The van der Waals surface area contributed by atoms with Gasteiger partial charge in [-0.15, -0.1) is 0 Å². The Hall–Kier alpha value is -1.93. The first-order valence-electron chi connectivity index (χ1n) is 6.27. The van der Waals surface area contributed by atoms with E-state index in [4.69, 9.17) is 4.74 Å². The molecule has 0 aromatic carbocycles. The number of hydrogen-bond donors (Lipinski definition) is 1. The number of hydrogen-bond acceptors (Lipinski definition) is 4. The van der Waals surface area contributed by atoms with Gasteiger partial charge in [-0.05, 0) is 11.6 Å². The third kappa shape index (κ3) is 4.27. The lowest BCUT2D eigenvalue weighted by Gasteiger charge is -2.05. The highest BCUT2D eigenvalue weighted by atomic mass is 19.4. The molecule has 0 amide bonds. The van der Waals surface area contributed by atoms with Crippen LogP contribution in [0.25, 0.3) is 5.82 Å². The number of alkyl halides is 3. The predicted octanol–water partition coefficient (Wildman–Crippen LogP) is 2.02. The fourth-order valence-electron chi connectivity index (χ4n) is 1.66. The lowest BCUT2D eigenvalue weighted by molar-refractivity contribution is -0.137. The number of rotatable bonds is 6. The number of methoxy groups -OCH3 is 1. The highest BCUT2D eigenvalue weighted by molar-refractivity contribution is 5.26. The number of nitrogens with one attached hydrogen (secondary N) is 1. The molecule has 21 heavy (non-hydrogen) atoms. The van der Waals surface area contributed by atoms with E-state index in [2.05, 4.69) is 15.4 Å². The van der Waals surface area contributed by atoms with E-state index in [1.807, 2.05) is 0 Å². The molecule has 0 aliphatic rings. The molecule has 0 atom stereocenters. The van der Waals surface area contributed by atoms with Crippen LogP contribution in [0.1, 0.15) is 11.1 Å². The molecular formula is C13H15F3N4O. The first kappa shape index (κ1) is 15.5. The lowest BCUT2D eigenvalue weighted by atomic mass is 10.3. The molecule has 114 valence electrons. The van der Waals surface area contributed by atoms with Crippen LogP contribution in [-0.2, 0) is 17.5 Å². The van der Waals surface area contributed by atoms with Crippen LogP contribution in [-0.4, -0.2) is 35.0 Å². The van der Waals surface area contributed by atoms with Crippen molar-refractivity contribution < 1.29 is 17.9 Å². The summed E-state index contributed by atoms with van der Waals surface area (Å²) in [4.78, 5) is 4.11. The number of halogens is 3. The van der Waals surface area contributed by atoms with Gasteiger partial charge in [0.15, 0.2) is 5.82 Å². The second kappa shape index (κ2) is 6.68. The third-order valence-electron chi connectivity index (χ3n) is 2.77. The molecule has 0 aliphatic heterocycles. The predicted molar refractivity (Wildman–Crippen MR) is 69.9 cm³/mol. The molecule has 5 nitrogen and oxygen atoms in total. The summed E-state index contributed by atoms with van der Waals surface area (Å²) in [5, 5.41) is 6.82. The number of pyridine rings is 1. The third-order valence-corrected chi connectivity index (χ3v) is 2.77. The maximum atomic E-state index is 12.5. The minimum absolute atomic E-state index is 0.339. The van der Waals surface area contributed by atoms with Gasteiger partial charge in [-0.2, -0.15) is 18.3 Å². The minimum Gasteiger partial charge on any atom is -0.383 e. The quantitative estimate of drug-likeness (QED) is 0.829. The molecule has 2 aromatic rings. The Kier molecular flexibility index (Phi) is 4.92. The van der Waals surface area contributed by atoms with Gasteiger partial charge in [0, 0.05) is 32.6 Å². The maximum absolute atomic E-state index is 12.5. The van der Waals surface area contributed by atoms with E-state index in [9.17, 15) is 13.2 Å². The summed E-state index contributed by atoms with van der Waals surface area (Å²) in [5.41, 5.74) is 0.132. The van der Waals surface area contributed by atoms with Crippen molar-refractivity contribution in [1.82, 2.24) is 20.1 Å². The van der Waals surface area contributed by atoms with E-state index in [1.165, 1.54) is 0 Å². The van der Waals surface area contributed by atoms with Gasteiger partial charge in [0.2, 0.25) is 0 Å². The highest BCUT2D eigenvalue weighted by Gasteiger charge is 2.32. The summed E-state index contributed by atoms with van der Waals surface area (Å²) in [6.45, 7) is 1.94. The molecule has 8 heteroatoms. The van der Waals surface area contributed by atoms with E-state index in [0.29, 0.717) is 25.5 Å². The molecule has 2 aromatic heterocycles. The molecule has 0 unspecified atom stereocenters. The second-order valence-electron chi connectivity index (χ2n) is 4.37. The van der Waals surface area contributed by atoms with Gasteiger partial charge in [-0.25, -0.2) is 9.67 Å². The number of ether oxygens (including phenoxy) is 1. The van der Waals surface area contributed by atoms with Gasteiger partial charge < -0.3 is 10.1 Å². The maximum Gasteiger partial charge on any atom is 0.419 e. The standard InChI is InChI=1S/C13H15F3N4O/c1-21-5-4-17-6-10-2-3-12(18-7-10)20-9-11(8-19-20)13(14,15)16/h2-3,7-9,17H,4-6H2,1H3. The average molecular weight is 300 g/mol. The molecular weight excluding hydrogens is 285 g/mol. The van der Waals surface area contributed by atoms with Crippen molar-refractivity contribution in [1.29, 1.82) is 0 Å². The van der Waals surface area contributed by atoms with Crippen LogP contribution in [0.2, 0.25) is 0 Å². The number of aromatic nitrogens is 3. The van der Waals surface area contributed by atoms with Crippen molar-refractivity contribution >= 4 is 0 Å². The van der Waals surface area contributed by atoms with Crippen molar-refractivity contribution in [2.45, 2.75) is 12.7 Å². The summed E-state index contributed by atoms with van der Waals surface area (Å²) in [5.74, 6) is 0.339. The van der Waals surface area contributed by atoms with Gasteiger partial charge in [0.05, 0.1) is 18.4 Å². The zero-order valence-electron chi connectivity index (χ0n) is 11.4. The first-order valence-corrected chi connectivity index (χ1v) is 6.27. The van der Waals surface area contributed by atoms with Crippen molar-refractivity contribution in [2.75, 3.05) is 20.3 Å². The van der Waals surface area contributed by atoms with E-state index < -0.39 is 11.7 Å². The normalized spacial score (nSPS) is 11.8. The molecule has 2 rings (SSSR count). The smallest absolute Gasteiger partial charge is 0.383 e. The van der Waals surface area contributed by atoms with Crippen molar-refractivity contribution in [3.05, 3.63) is 41.9 Å². The molecule has 0 bridgehead atoms. The topological polar surface area (TPSA) is 52.0 Å². The van der Waals surface area contributed by atoms with Crippen LogP contribution >= 0.6 is 0 Å². The Morgan fingerprint density at radius 1 is 1.29 bits per heavy atom. The van der Waals surface area contributed by atoms with Gasteiger partial charge in [-0.1, -0.05) is 6.07 Å². The zero-order valence-corrected chi connectivity index (χ0v) is 11.4. The molecule has 0 saturated carbocycles. The highest BCUT2D eigenvalue weighted by Crippen LogP contribution is 2.28. The fourth-order valence-corrected chi connectivity index (χ4v) is 1.66. The van der Waals surface area contributed by atoms with Gasteiger partial charge >= 0.3 is 6.18 Å². The lowest BCUT2D eigenvalue weighted by Crippen LogP contribution is -2.18. The van der Waals surface area contributed by atoms with Gasteiger partial charge in [0.25, 0.3) is 0 Å². The van der Waals surface area contributed by atoms with E-state index in [0.717, 1.165) is 22.6 Å². The van der Waals surface area contributed by atoms with Crippen molar-refractivity contribution in [3.8, 4) is 5.82 Å². The molecule has 1 N–H and O–H groups in total. The van der Waals surface area contributed by atoms with Crippen molar-refractivity contribution in [3.63, 3.8) is 0 Å². The summed E-state index contributed by atoms with van der Waals surface area (Å²) in [6, 6.07) is 3.41. The molecule has 0 aliphatic carbocycles. The summed E-state index contributed by atoms with van der Waals surface area (Å²) in [7, 11) is 1.62. The molecule has 2 heterocycles. The summed E-state index contributed by atoms with van der Waals surface area (Å²) < 4.78 is 43.5. The van der Waals surface area contributed by atoms with E-state index in [-0.39, 0.29) is 0 Å².